The Balaban J connectivity index is 1.96. The molecule has 1 aliphatic heterocycles. The summed E-state index contributed by atoms with van der Waals surface area (Å²) in [7, 11) is 0. The Bertz CT molecular complexity index is 966. The number of para-hydroxylation sites is 1. The summed E-state index contributed by atoms with van der Waals surface area (Å²) in [6.07, 6.45) is 3.91. The van der Waals surface area contributed by atoms with Gasteiger partial charge >= 0.3 is 0 Å². The number of nitrogens with zero attached hydrogens (tertiary/aromatic N) is 1. The molecule has 1 aliphatic carbocycles. The van der Waals surface area contributed by atoms with Crippen molar-refractivity contribution in [2.24, 2.45) is 5.41 Å². The Morgan fingerprint density at radius 1 is 1.14 bits per heavy atom. The van der Waals surface area contributed by atoms with Gasteiger partial charge in [-0.2, -0.15) is 0 Å². The fourth-order valence-electron chi connectivity index (χ4n) is 4.73. The number of rotatable bonds is 3. The third-order valence-electron chi connectivity index (χ3n) is 5.96. The molecule has 146 valence electrons. The van der Waals surface area contributed by atoms with Crippen molar-refractivity contribution in [3.63, 3.8) is 0 Å². The first-order chi connectivity index (χ1) is 13.3. The largest absolute Gasteiger partial charge is 0.469 e. The fourth-order valence-corrected chi connectivity index (χ4v) is 4.73. The minimum Gasteiger partial charge on any atom is -0.469 e. The number of benzene rings is 1. The van der Waals surface area contributed by atoms with Crippen molar-refractivity contribution in [3.05, 3.63) is 64.8 Å². The minimum atomic E-state index is -0.286. The van der Waals surface area contributed by atoms with Crippen molar-refractivity contribution in [2.45, 2.75) is 59.3 Å². The molecule has 2 aromatic rings. The van der Waals surface area contributed by atoms with E-state index in [4.69, 9.17) is 4.42 Å². The van der Waals surface area contributed by atoms with Crippen LogP contribution < -0.4 is 4.90 Å². The summed E-state index contributed by atoms with van der Waals surface area (Å²) in [5.41, 5.74) is 4.60. The van der Waals surface area contributed by atoms with E-state index >= 15 is 0 Å². The highest BCUT2D eigenvalue weighted by atomic mass is 16.3. The summed E-state index contributed by atoms with van der Waals surface area (Å²) in [6, 6.07) is 9.83. The summed E-state index contributed by atoms with van der Waals surface area (Å²) < 4.78 is 5.62. The number of allylic oxidation sites excluding steroid dienone is 2. The monoisotopic (exact) mass is 377 g/mol. The molecule has 2 heterocycles. The summed E-state index contributed by atoms with van der Waals surface area (Å²) in [5, 5.41) is 0. The van der Waals surface area contributed by atoms with Crippen LogP contribution in [0.5, 0.6) is 0 Å². The smallest absolute Gasteiger partial charge is 0.232 e. The maximum Gasteiger partial charge on any atom is 0.232 e. The molecule has 1 unspecified atom stereocenters. The topological polar surface area (TPSA) is 50.5 Å². The van der Waals surface area contributed by atoms with Crippen molar-refractivity contribution in [1.29, 1.82) is 0 Å². The zero-order chi connectivity index (χ0) is 20.1. The number of anilines is 1. The number of ketones is 1. The van der Waals surface area contributed by atoms with E-state index in [1.54, 1.807) is 6.26 Å². The van der Waals surface area contributed by atoms with Crippen LogP contribution in [0.4, 0.5) is 5.69 Å². The predicted molar refractivity (Wildman–Crippen MR) is 109 cm³/mol. The van der Waals surface area contributed by atoms with Crippen LogP contribution in [0.15, 0.2) is 52.3 Å². The molecule has 1 atom stereocenters. The van der Waals surface area contributed by atoms with Crippen molar-refractivity contribution in [1.82, 2.24) is 0 Å². The molecule has 1 aromatic carbocycles. The SMILES string of the molecule is CCc1cccc(C)c1N1C(=O)CC(c2ccco2)C2=C1CC(C)(C)CC2=O. The number of aryl methyl sites for hydroxylation is 2. The van der Waals surface area contributed by atoms with Crippen LogP contribution in [0.2, 0.25) is 0 Å². The number of furan rings is 1. The van der Waals surface area contributed by atoms with E-state index in [0.29, 0.717) is 18.6 Å². The van der Waals surface area contributed by atoms with E-state index in [2.05, 4.69) is 26.8 Å². The molecule has 0 fully saturated rings. The molecule has 4 rings (SSSR count). The van der Waals surface area contributed by atoms with Gasteiger partial charge in [-0.3, -0.25) is 14.5 Å². The van der Waals surface area contributed by atoms with E-state index in [1.807, 2.05) is 36.1 Å². The van der Waals surface area contributed by atoms with Crippen LogP contribution in [0.1, 0.15) is 62.8 Å². The lowest BCUT2D eigenvalue weighted by atomic mass is 9.70. The summed E-state index contributed by atoms with van der Waals surface area (Å²) in [6.45, 7) is 8.35. The maximum atomic E-state index is 13.4. The molecule has 0 spiro atoms. The Labute approximate surface area is 166 Å². The van der Waals surface area contributed by atoms with E-state index in [1.165, 1.54) is 0 Å². The van der Waals surface area contributed by atoms with Crippen LogP contribution >= 0.6 is 0 Å². The second-order valence-corrected chi connectivity index (χ2v) is 8.74. The van der Waals surface area contributed by atoms with E-state index in [0.717, 1.165) is 34.5 Å². The fraction of sp³-hybridized carbons (Fsp3) is 0.417. The van der Waals surface area contributed by atoms with Gasteiger partial charge in [0.15, 0.2) is 5.78 Å². The number of Topliss-reactive ketones (excluding diaryl/α,β-unsaturated/α-hetero) is 1. The molecule has 1 aromatic heterocycles. The van der Waals surface area contributed by atoms with Crippen LogP contribution in [0.3, 0.4) is 0 Å². The van der Waals surface area contributed by atoms with E-state index in [9.17, 15) is 9.59 Å². The van der Waals surface area contributed by atoms with Crippen LogP contribution in [-0.4, -0.2) is 11.7 Å². The van der Waals surface area contributed by atoms with Gasteiger partial charge in [-0.15, -0.1) is 0 Å². The number of carbonyl (C=O) groups is 2. The summed E-state index contributed by atoms with van der Waals surface area (Å²) in [5.74, 6) is 0.590. The van der Waals surface area contributed by atoms with E-state index < -0.39 is 0 Å². The predicted octanol–water partition coefficient (Wildman–Crippen LogP) is 5.31. The Hall–Kier alpha value is -2.62. The molecule has 0 N–H and O–H groups in total. The van der Waals surface area contributed by atoms with Gasteiger partial charge in [0, 0.05) is 24.1 Å². The van der Waals surface area contributed by atoms with Gasteiger partial charge in [0.1, 0.15) is 5.76 Å². The number of amides is 1. The van der Waals surface area contributed by atoms with Crippen molar-refractivity contribution in [2.75, 3.05) is 4.90 Å². The zero-order valence-electron chi connectivity index (χ0n) is 17.0. The highest BCUT2D eigenvalue weighted by molar-refractivity contribution is 6.08. The van der Waals surface area contributed by atoms with Gasteiger partial charge in [0.25, 0.3) is 0 Å². The van der Waals surface area contributed by atoms with Gasteiger partial charge in [-0.05, 0) is 48.4 Å². The van der Waals surface area contributed by atoms with Crippen LogP contribution in [-0.2, 0) is 16.0 Å². The molecule has 0 radical (unpaired) electrons. The lowest BCUT2D eigenvalue weighted by molar-refractivity contribution is -0.121. The minimum absolute atomic E-state index is 0.0367. The van der Waals surface area contributed by atoms with Gasteiger partial charge < -0.3 is 4.42 Å². The van der Waals surface area contributed by atoms with E-state index in [-0.39, 0.29) is 29.4 Å². The Morgan fingerprint density at radius 2 is 1.93 bits per heavy atom. The molecular formula is C24H27NO3. The third-order valence-corrected chi connectivity index (χ3v) is 5.96. The average Bonchev–Trinajstić information content (AvgIpc) is 3.15. The van der Waals surface area contributed by atoms with Crippen molar-refractivity contribution >= 4 is 17.4 Å². The molecule has 1 amide bonds. The van der Waals surface area contributed by atoms with Crippen molar-refractivity contribution in [3.8, 4) is 0 Å². The molecule has 0 saturated heterocycles. The lowest BCUT2D eigenvalue weighted by Gasteiger charge is -2.43. The van der Waals surface area contributed by atoms with Gasteiger partial charge in [-0.25, -0.2) is 0 Å². The molecule has 28 heavy (non-hydrogen) atoms. The van der Waals surface area contributed by atoms with Gasteiger partial charge in [0.2, 0.25) is 5.91 Å². The Kier molecular flexibility index (Phi) is 4.53. The third kappa shape index (κ3) is 3.01. The molecule has 4 nitrogen and oxygen atoms in total. The highest BCUT2D eigenvalue weighted by Crippen LogP contribution is 2.49. The first kappa shape index (κ1) is 18.7. The highest BCUT2D eigenvalue weighted by Gasteiger charge is 2.45. The number of hydrogen-bond donors (Lipinski definition) is 0. The first-order valence-corrected chi connectivity index (χ1v) is 10.0. The maximum absolute atomic E-state index is 13.4. The Morgan fingerprint density at radius 3 is 2.61 bits per heavy atom. The van der Waals surface area contributed by atoms with Gasteiger partial charge in [0.05, 0.1) is 17.9 Å². The molecule has 2 aliphatic rings. The zero-order valence-corrected chi connectivity index (χ0v) is 17.0. The number of carbonyl (C=O) groups excluding carboxylic acids is 2. The van der Waals surface area contributed by atoms with Gasteiger partial charge in [-0.1, -0.05) is 39.0 Å². The van der Waals surface area contributed by atoms with Crippen LogP contribution in [0.25, 0.3) is 0 Å². The van der Waals surface area contributed by atoms with Crippen molar-refractivity contribution < 1.29 is 14.0 Å². The summed E-state index contributed by atoms with van der Waals surface area (Å²) in [4.78, 5) is 28.5. The first-order valence-electron chi connectivity index (χ1n) is 10.0. The summed E-state index contributed by atoms with van der Waals surface area (Å²) >= 11 is 0. The molecule has 0 saturated carbocycles. The van der Waals surface area contributed by atoms with Crippen LogP contribution in [0, 0.1) is 12.3 Å². The average molecular weight is 377 g/mol. The number of hydrogen-bond acceptors (Lipinski definition) is 3. The second kappa shape index (κ2) is 6.77. The normalized spacial score (nSPS) is 21.9. The lowest BCUT2D eigenvalue weighted by Crippen LogP contribution is -2.44. The molecular weight excluding hydrogens is 350 g/mol. The second-order valence-electron chi connectivity index (χ2n) is 8.74. The standard InChI is InChI=1S/C24H27NO3/c1-5-16-9-6-8-15(2)23(16)25-18-13-24(3,4)14-19(26)22(18)17(12-21(25)27)20-10-7-11-28-20/h6-11,17H,5,12-14H2,1-4H3. The molecule has 4 heteroatoms. The molecule has 0 bridgehead atoms. The quantitative estimate of drug-likeness (QED) is 0.728.